The fourth-order valence-electron chi connectivity index (χ4n) is 12.9. The van der Waals surface area contributed by atoms with Crippen LogP contribution in [-0.4, -0.2) is 66.1 Å². The van der Waals surface area contributed by atoms with Crippen LogP contribution in [0.25, 0.3) is 22.3 Å². The van der Waals surface area contributed by atoms with Gasteiger partial charge in [-0.05, 0) is 218 Å². The van der Waals surface area contributed by atoms with Gasteiger partial charge < -0.3 is 52.8 Å². The SMILES string of the molecule is CC1(COCCCCOc2cccc(N(c3ccc(Oc4ccc(N(c5ccc(-c6ccc(N(c7ccccc7)c7ccccc7)cc6)cc5)c5cccc(OCCCCOCC6(C)COC6)c5)cc4)cc3)c3ccc(-c4ccc(N(c5ccccc5)c5ccccc5)cc4)cc3)c2)COC1. The van der Waals surface area contributed by atoms with Crippen molar-refractivity contribution in [2.75, 3.05) is 85.7 Å². The predicted octanol–water partition coefficient (Wildman–Crippen LogP) is 23.1. The van der Waals surface area contributed by atoms with E-state index in [9.17, 15) is 0 Å². The molecule has 11 heteroatoms. The zero-order chi connectivity index (χ0) is 68.5. The van der Waals surface area contributed by atoms with Crippen molar-refractivity contribution in [1.82, 2.24) is 0 Å². The number of benzene rings is 12. The van der Waals surface area contributed by atoms with Gasteiger partial charge in [-0.25, -0.2) is 0 Å². The molecule has 11 nitrogen and oxygen atoms in total. The molecule has 0 aliphatic carbocycles. The molecular formula is C90H86N4O7. The van der Waals surface area contributed by atoms with Crippen molar-refractivity contribution < 1.29 is 33.2 Å². The van der Waals surface area contributed by atoms with Crippen LogP contribution in [0.3, 0.4) is 0 Å². The van der Waals surface area contributed by atoms with Crippen molar-refractivity contribution in [2.24, 2.45) is 10.8 Å². The summed E-state index contributed by atoms with van der Waals surface area (Å²) in [6.07, 6.45) is 3.61. The molecule has 12 aromatic rings. The lowest BCUT2D eigenvalue weighted by molar-refractivity contribution is -0.138. The normalized spacial score (nSPS) is 13.4. The molecule has 12 aromatic carbocycles. The molecule has 0 amide bonds. The number of hydrogen-bond donors (Lipinski definition) is 0. The van der Waals surface area contributed by atoms with E-state index in [1.54, 1.807) is 0 Å². The minimum absolute atomic E-state index is 0.142. The minimum atomic E-state index is 0.142. The summed E-state index contributed by atoms with van der Waals surface area (Å²) in [6, 6.07) is 110. The summed E-state index contributed by atoms with van der Waals surface area (Å²) in [5.41, 5.74) is 17.2. The third kappa shape index (κ3) is 17.0. The van der Waals surface area contributed by atoms with Crippen LogP contribution < -0.4 is 33.8 Å². The average molecular weight is 1340 g/mol. The molecule has 0 N–H and O–H groups in total. The Labute approximate surface area is 594 Å². The molecular weight excluding hydrogens is 1250 g/mol. The van der Waals surface area contributed by atoms with Crippen molar-refractivity contribution >= 4 is 68.2 Å². The summed E-state index contributed by atoms with van der Waals surface area (Å²) in [7, 11) is 0. The summed E-state index contributed by atoms with van der Waals surface area (Å²) in [4.78, 5) is 9.10. The van der Waals surface area contributed by atoms with Crippen LogP contribution in [0.15, 0.2) is 315 Å². The van der Waals surface area contributed by atoms with Gasteiger partial charge in [0.1, 0.15) is 23.0 Å². The van der Waals surface area contributed by atoms with E-state index >= 15 is 0 Å². The van der Waals surface area contributed by atoms with Gasteiger partial charge in [0.2, 0.25) is 0 Å². The standard InChI is InChI=1S/C90H86N4O7/c1-89(65-97-66-89)63-95-57-15-17-59-99-87-31-19-29-83(61-87)93(79-45-37-71(38-46-79)69-33-41-77(42-34-69)91(73-21-7-3-8-22-73)74-23-9-4-10-24-74)81-49-53-85(54-50-81)101-86-55-51-82(52-56-86)94(84-30-20-32-88(62-84)100-60-18-16-58-96-64-90(2)67-98-68-90)80-47-39-72(40-48-80)70-35-43-78(44-36-70)92(75-25-11-5-12-26-75)76-27-13-6-14-28-76/h3-14,19-56,61-62H,15-18,57-60,63-68H2,1-2H3. The first-order chi connectivity index (χ1) is 49.8. The highest BCUT2D eigenvalue weighted by molar-refractivity contribution is 5.84. The smallest absolute Gasteiger partial charge is 0.127 e. The Hall–Kier alpha value is -10.9. The number of para-hydroxylation sites is 4. The van der Waals surface area contributed by atoms with Gasteiger partial charge in [0.15, 0.2) is 0 Å². The zero-order valence-electron chi connectivity index (χ0n) is 57.6. The second kappa shape index (κ2) is 32.4. The summed E-state index contributed by atoms with van der Waals surface area (Å²) < 4.78 is 42.4. The van der Waals surface area contributed by atoms with E-state index in [0.717, 1.165) is 167 Å². The Bertz CT molecular complexity index is 4150. The van der Waals surface area contributed by atoms with Crippen molar-refractivity contribution in [3.05, 3.63) is 315 Å². The zero-order valence-corrected chi connectivity index (χ0v) is 57.6. The maximum absolute atomic E-state index is 6.68. The van der Waals surface area contributed by atoms with Crippen LogP contribution in [0.2, 0.25) is 0 Å². The molecule has 0 aromatic heterocycles. The number of unbranched alkanes of at least 4 members (excludes halogenated alkanes) is 2. The van der Waals surface area contributed by atoms with Crippen LogP contribution in [0.1, 0.15) is 39.5 Å². The Morgan fingerprint density at radius 2 is 0.505 bits per heavy atom. The van der Waals surface area contributed by atoms with E-state index in [1.807, 2.05) is 36.4 Å². The topological polar surface area (TPSA) is 77.6 Å². The second-order valence-electron chi connectivity index (χ2n) is 26.8. The van der Waals surface area contributed by atoms with Crippen LogP contribution >= 0.6 is 0 Å². The number of nitrogens with zero attached hydrogens (tertiary/aromatic N) is 4. The van der Waals surface area contributed by atoms with Gasteiger partial charge in [0.05, 0.1) is 52.9 Å². The van der Waals surface area contributed by atoms with E-state index in [4.69, 9.17) is 33.2 Å². The van der Waals surface area contributed by atoms with Gasteiger partial charge in [0, 0.05) is 104 Å². The molecule has 2 saturated heterocycles. The first-order valence-corrected chi connectivity index (χ1v) is 35.2. The van der Waals surface area contributed by atoms with Crippen molar-refractivity contribution in [3.8, 4) is 45.3 Å². The highest BCUT2D eigenvalue weighted by atomic mass is 16.5. The third-order valence-corrected chi connectivity index (χ3v) is 18.4. The van der Waals surface area contributed by atoms with Gasteiger partial charge in [-0.15, -0.1) is 0 Å². The average Bonchev–Trinajstić information content (AvgIpc) is 0.806. The largest absolute Gasteiger partial charge is 0.494 e. The molecule has 2 heterocycles. The molecule has 14 rings (SSSR count). The quantitative estimate of drug-likeness (QED) is 0.0378. The van der Waals surface area contributed by atoms with Crippen LogP contribution in [-0.2, 0) is 18.9 Å². The maximum atomic E-state index is 6.68. The molecule has 0 unspecified atom stereocenters. The van der Waals surface area contributed by atoms with E-state index in [2.05, 4.69) is 312 Å². The lowest BCUT2D eigenvalue weighted by atomic mass is 9.90. The van der Waals surface area contributed by atoms with Crippen LogP contribution in [0, 0.1) is 10.8 Å². The Morgan fingerprint density at radius 1 is 0.257 bits per heavy atom. The first-order valence-electron chi connectivity index (χ1n) is 35.2. The highest BCUT2D eigenvalue weighted by Gasteiger charge is 2.34. The van der Waals surface area contributed by atoms with Gasteiger partial charge in [-0.3, -0.25) is 0 Å². The lowest BCUT2D eigenvalue weighted by Crippen LogP contribution is -2.43. The summed E-state index contributed by atoms with van der Waals surface area (Å²) >= 11 is 0. The number of hydrogen-bond acceptors (Lipinski definition) is 11. The summed E-state index contributed by atoms with van der Waals surface area (Å²) in [5, 5.41) is 0. The molecule has 0 bridgehead atoms. The lowest BCUT2D eigenvalue weighted by Gasteiger charge is -2.37. The van der Waals surface area contributed by atoms with Crippen LogP contribution in [0.4, 0.5) is 68.2 Å². The number of anilines is 12. The first kappa shape index (κ1) is 67.3. The van der Waals surface area contributed by atoms with Crippen molar-refractivity contribution in [2.45, 2.75) is 39.5 Å². The maximum Gasteiger partial charge on any atom is 0.127 e. The molecule has 2 fully saturated rings. The molecule has 0 atom stereocenters. The van der Waals surface area contributed by atoms with E-state index in [1.165, 1.54) is 0 Å². The van der Waals surface area contributed by atoms with Gasteiger partial charge in [-0.2, -0.15) is 0 Å². The van der Waals surface area contributed by atoms with E-state index in [-0.39, 0.29) is 10.8 Å². The van der Waals surface area contributed by atoms with Crippen molar-refractivity contribution in [3.63, 3.8) is 0 Å². The van der Waals surface area contributed by atoms with Gasteiger partial charge >= 0.3 is 0 Å². The van der Waals surface area contributed by atoms with E-state index in [0.29, 0.717) is 37.9 Å². The number of ether oxygens (including phenoxy) is 7. The Kier molecular flexibility index (Phi) is 21.6. The summed E-state index contributed by atoms with van der Waals surface area (Å²) in [6.45, 7) is 11.5. The van der Waals surface area contributed by atoms with Crippen molar-refractivity contribution in [1.29, 1.82) is 0 Å². The highest BCUT2D eigenvalue weighted by Crippen LogP contribution is 2.43. The Balaban J connectivity index is 0.697. The Morgan fingerprint density at radius 3 is 0.782 bits per heavy atom. The summed E-state index contributed by atoms with van der Waals surface area (Å²) in [5.74, 6) is 3.03. The molecule has 508 valence electrons. The number of rotatable bonds is 32. The fraction of sp³-hybridized carbons (Fsp3) is 0.200. The fourth-order valence-corrected chi connectivity index (χ4v) is 12.9. The molecule has 2 aliphatic rings. The van der Waals surface area contributed by atoms with Crippen LogP contribution in [0.5, 0.6) is 23.0 Å². The molecule has 101 heavy (non-hydrogen) atoms. The third-order valence-electron chi connectivity index (χ3n) is 18.4. The minimum Gasteiger partial charge on any atom is -0.494 e. The molecule has 0 spiro atoms. The predicted molar refractivity (Wildman–Crippen MR) is 412 cm³/mol. The second-order valence-corrected chi connectivity index (χ2v) is 26.8. The molecule has 0 saturated carbocycles. The van der Waals surface area contributed by atoms with E-state index < -0.39 is 0 Å². The molecule has 0 radical (unpaired) electrons. The van der Waals surface area contributed by atoms with Gasteiger partial charge in [-0.1, -0.05) is 147 Å². The van der Waals surface area contributed by atoms with Gasteiger partial charge in [0.25, 0.3) is 0 Å². The molecule has 2 aliphatic heterocycles. The monoisotopic (exact) mass is 1330 g/mol.